The molecule has 1 aromatic rings. The van der Waals surface area contributed by atoms with E-state index in [0.717, 1.165) is 12.8 Å². The van der Waals surface area contributed by atoms with Crippen LogP contribution < -0.4 is 15.2 Å². The first-order chi connectivity index (χ1) is 12.4. The van der Waals surface area contributed by atoms with Gasteiger partial charge in [-0.3, -0.25) is 4.79 Å². The first kappa shape index (κ1) is 17.6. The van der Waals surface area contributed by atoms with Gasteiger partial charge in [0.25, 0.3) is 0 Å². The molecule has 2 heterocycles. The molecule has 1 amide bonds. The van der Waals surface area contributed by atoms with Gasteiger partial charge in [-0.15, -0.1) is 0 Å². The van der Waals surface area contributed by atoms with Gasteiger partial charge in [-0.2, -0.15) is 0 Å². The zero-order valence-corrected chi connectivity index (χ0v) is 15.4. The summed E-state index contributed by atoms with van der Waals surface area (Å²) in [4.78, 5) is 14.4. The Hall–Kier alpha value is -1.80. The van der Waals surface area contributed by atoms with Crippen LogP contribution in [0.3, 0.4) is 0 Å². The van der Waals surface area contributed by atoms with Crippen molar-refractivity contribution in [3.63, 3.8) is 0 Å². The standard InChI is InChI=1S/C18H24N2O5S/c19-15-3-1-12-10-20(11-14(12)15)18(21)5-8-26(22,23)13-2-4-16-17(9-13)25-7-6-24-16/h2,4,9,12,14-15H,1,3,5-8,10-11,19H2. The van der Waals surface area contributed by atoms with Crippen molar-refractivity contribution >= 4 is 15.7 Å². The summed E-state index contributed by atoms with van der Waals surface area (Å²) in [7, 11) is -3.56. The minimum atomic E-state index is -3.56. The fourth-order valence-corrected chi connectivity index (χ4v) is 5.47. The lowest BCUT2D eigenvalue weighted by atomic mass is 9.98. The molecule has 0 bridgehead atoms. The normalized spacial score (nSPS) is 27.4. The van der Waals surface area contributed by atoms with E-state index < -0.39 is 9.84 Å². The molecule has 0 aromatic heterocycles. The van der Waals surface area contributed by atoms with Gasteiger partial charge in [0.1, 0.15) is 13.2 Å². The van der Waals surface area contributed by atoms with Crippen LogP contribution in [0.2, 0.25) is 0 Å². The third-order valence-corrected chi connectivity index (χ3v) is 7.44. The lowest BCUT2D eigenvalue weighted by Crippen LogP contribution is -2.34. The van der Waals surface area contributed by atoms with Crippen molar-refractivity contribution in [2.75, 3.05) is 32.1 Å². The Kier molecular flexibility index (Phi) is 4.56. The number of carbonyl (C=O) groups excluding carboxylic acids is 1. The van der Waals surface area contributed by atoms with E-state index in [2.05, 4.69) is 0 Å². The lowest BCUT2D eigenvalue weighted by molar-refractivity contribution is -0.130. The fourth-order valence-electron chi connectivity index (χ4n) is 4.23. The zero-order valence-electron chi connectivity index (χ0n) is 14.6. The van der Waals surface area contributed by atoms with Crippen LogP contribution in [0.1, 0.15) is 19.3 Å². The summed E-state index contributed by atoms with van der Waals surface area (Å²) in [6.45, 7) is 2.22. The third-order valence-electron chi connectivity index (χ3n) is 5.72. The molecule has 1 saturated carbocycles. The summed E-state index contributed by atoms with van der Waals surface area (Å²) in [5, 5.41) is 0. The van der Waals surface area contributed by atoms with E-state index >= 15 is 0 Å². The summed E-state index contributed by atoms with van der Waals surface area (Å²) in [5.41, 5.74) is 6.10. The van der Waals surface area contributed by atoms with Gasteiger partial charge in [-0.05, 0) is 36.8 Å². The molecule has 3 unspecified atom stereocenters. The van der Waals surface area contributed by atoms with Crippen molar-refractivity contribution in [3.8, 4) is 11.5 Å². The first-order valence-electron chi connectivity index (χ1n) is 9.10. The zero-order chi connectivity index (χ0) is 18.3. The SMILES string of the molecule is NC1CCC2CN(C(=O)CCS(=O)(=O)c3ccc4c(c3)OCCO4)CC12. The second-order valence-corrected chi connectivity index (χ2v) is 9.45. The molecule has 8 heteroatoms. The van der Waals surface area contributed by atoms with Crippen LogP contribution >= 0.6 is 0 Å². The van der Waals surface area contributed by atoms with Crippen molar-refractivity contribution < 1.29 is 22.7 Å². The molecule has 2 aliphatic heterocycles. The van der Waals surface area contributed by atoms with E-state index in [9.17, 15) is 13.2 Å². The maximum atomic E-state index is 12.6. The van der Waals surface area contributed by atoms with Gasteiger partial charge < -0.3 is 20.1 Å². The number of hydrogen-bond donors (Lipinski definition) is 1. The van der Waals surface area contributed by atoms with E-state index in [0.29, 0.717) is 49.6 Å². The maximum Gasteiger partial charge on any atom is 0.223 e. The average molecular weight is 380 g/mol. The van der Waals surface area contributed by atoms with Crippen LogP contribution in [0.5, 0.6) is 11.5 Å². The van der Waals surface area contributed by atoms with Crippen LogP contribution in [-0.4, -0.2) is 57.3 Å². The molecule has 142 valence electrons. The van der Waals surface area contributed by atoms with Crippen molar-refractivity contribution in [1.29, 1.82) is 0 Å². The Bertz CT molecular complexity index is 810. The van der Waals surface area contributed by atoms with Crippen LogP contribution in [0, 0.1) is 11.8 Å². The number of ether oxygens (including phenoxy) is 2. The second kappa shape index (κ2) is 6.74. The number of fused-ring (bicyclic) bond motifs is 2. The monoisotopic (exact) mass is 380 g/mol. The van der Waals surface area contributed by atoms with E-state index in [1.807, 2.05) is 0 Å². The molecule has 0 spiro atoms. The van der Waals surface area contributed by atoms with Crippen LogP contribution in [-0.2, 0) is 14.6 Å². The number of carbonyl (C=O) groups is 1. The number of nitrogens with zero attached hydrogens (tertiary/aromatic N) is 1. The Morgan fingerprint density at radius 1 is 1.15 bits per heavy atom. The Labute approximate surface area is 153 Å². The molecule has 1 saturated heterocycles. The lowest BCUT2D eigenvalue weighted by Gasteiger charge is -2.20. The summed E-state index contributed by atoms with van der Waals surface area (Å²) in [6.07, 6.45) is 2.08. The highest BCUT2D eigenvalue weighted by atomic mass is 32.2. The van der Waals surface area contributed by atoms with E-state index in [1.54, 1.807) is 11.0 Å². The number of nitrogens with two attached hydrogens (primary N) is 1. The predicted molar refractivity (Wildman–Crippen MR) is 94.9 cm³/mol. The number of rotatable bonds is 4. The molecule has 1 aliphatic carbocycles. The molecule has 2 N–H and O–H groups in total. The summed E-state index contributed by atoms with van der Waals surface area (Å²) < 4.78 is 36.0. The predicted octanol–water partition coefficient (Wildman–Crippen LogP) is 0.817. The van der Waals surface area contributed by atoms with Gasteiger partial charge in [-0.1, -0.05) is 0 Å². The molecular formula is C18H24N2O5S. The number of likely N-dealkylation sites (tertiary alicyclic amines) is 1. The maximum absolute atomic E-state index is 12.6. The van der Waals surface area contributed by atoms with Crippen LogP contribution in [0.25, 0.3) is 0 Å². The Morgan fingerprint density at radius 3 is 2.69 bits per heavy atom. The molecular weight excluding hydrogens is 356 g/mol. The van der Waals surface area contributed by atoms with Gasteiger partial charge in [-0.25, -0.2) is 8.42 Å². The minimum absolute atomic E-state index is 0.00848. The first-order valence-corrected chi connectivity index (χ1v) is 10.7. The topological polar surface area (TPSA) is 98.9 Å². The fraction of sp³-hybridized carbons (Fsp3) is 0.611. The largest absolute Gasteiger partial charge is 0.486 e. The summed E-state index contributed by atoms with van der Waals surface area (Å²) >= 11 is 0. The van der Waals surface area contributed by atoms with Crippen molar-refractivity contribution in [2.45, 2.75) is 30.2 Å². The van der Waals surface area contributed by atoms with Gasteiger partial charge in [0.15, 0.2) is 21.3 Å². The Morgan fingerprint density at radius 2 is 1.92 bits per heavy atom. The van der Waals surface area contributed by atoms with Gasteiger partial charge in [0, 0.05) is 31.6 Å². The van der Waals surface area contributed by atoms with E-state index in [4.69, 9.17) is 15.2 Å². The van der Waals surface area contributed by atoms with Crippen molar-refractivity contribution in [1.82, 2.24) is 4.90 Å². The molecule has 1 aromatic carbocycles. The second-order valence-electron chi connectivity index (χ2n) is 7.34. The van der Waals surface area contributed by atoms with Crippen LogP contribution in [0.15, 0.2) is 23.1 Å². The summed E-state index contributed by atoms with van der Waals surface area (Å²) in [5.74, 6) is 1.52. The molecule has 3 atom stereocenters. The molecule has 26 heavy (non-hydrogen) atoms. The highest BCUT2D eigenvalue weighted by molar-refractivity contribution is 7.91. The molecule has 7 nitrogen and oxygen atoms in total. The average Bonchev–Trinajstić information content (AvgIpc) is 3.22. The molecule has 3 aliphatic rings. The van der Waals surface area contributed by atoms with Gasteiger partial charge in [0.2, 0.25) is 5.91 Å². The van der Waals surface area contributed by atoms with Gasteiger partial charge in [0.05, 0.1) is 10.6 Å². The smallest absolute Gasteiger partial charge is 0.223 e. The quantitative estimate of drug-likeness (QED) is 0.830. The highest BCUT2D eigenvalue weighted by Gasteiger charge is 2.42. The number of benzene rings is 1. The third kappa shape index (κ3) is 3.27. The van der Waals surface area contributed by atoms with Crippen molar-refractivity contribution in [2.24, 2.45) is 17.6 Å². The Balaban J connectivity index is 1.38. The van der Waals surface area contributed by atoms with E-state index in [1.165, 1.54) is 12.1 Å². The summed E-state index contributed by atoms with van der Waals surface area (Å²) in [6, 6.07) is 4.76. The molecule has 0 radical (unpaired) electrons. The molecule has 2 fully saturated rings. The number of sulfone groups is 1. The number of amides is 1. The van der Waals surface area contributed by atoms with E-state index in [-0.39, 0.29) is 29.0 Å². The highest BCUT2D eigenvalue weighted by Crippen LogP contribution is 2.37. The molecule has 4 rings (SSSR count). The minimum Gasteiger partial charge on any atom is -0.486 e. The number of hydrogen-bond acceptors (Lipinski definition) is 6. The van der Waals surface area contributed by atoms with Gasteiger partial charge >= 0.3 is 0 Å². The van der Waals surface area contributed by atoms with Crippen LogP contribution in [0.4, 0.5) is 0 Å². The van der Waals surface area contributed by atoms with Crippen molar-refractivity contribution in [3.05, 3.63) is 18.2 Å².